The lowest BCUT2D eigenvalue weighted by Crippen LogP contribution is -2.20. The van der Waals surface area contributed by atoms with Crippen LogP contribution >= 0.6 is 0 Å². The van der Waals surface area contributed by atoms with Crippen LogP contribution < -0.4 is 10.5 Å². The minimum Gasteiger partial charge on any atom is -0.492 e. The van der Waals surface area contributed by atoms with Gasteiger partial charge in [-0.2, -0.15) is 13.2 Å². The summed E-state index contributed by atoms with van der Waals surface area (Å²) in [6.45, 7) is 0.0539. The van der Waals surface area contributed by atoms with E-state index in [1.54, 1.807) is 24.4 Å². The molecule has 1 atom stereocenters. The van der Waals surface area contributed by atoms with Crippen LogP contribution in [0.3, 0.4) is 0 Å². The second-order valence-corrected chi connectivity index (χ2v) is 4.20. The summed E-state index contributed by atoms with van der Waals surface area (Å²) in [5, 5.41) is 0. The van der Waals surface area contributed by atoms with Crippen molar-refractivity contribution in [1.29, 1.82) is 0 Å². The van der Waals surface area contributed by atoms with Crippen molar-refractivity contribution in [3.63, 3.8) is 0 Å². The van der Waals surface area contributed by atoms with E-state index in [1.165, 1.54) is 12.1 Å². The lowest BCUT2D eigenvalue weighted by Gasteiger charge is -2.14. The molecule has 106 valence electrons. The number of halogens is 3. The van der Waals surface area contributed by atoms with E-state index in [2.05, 4.69) is 4.98 Å². The third-order valence-corrected chi connectivity index (χ3v) is 2.66. The van der Waals surface area contributed by atoms with Crippen molar-refractivity contribution in [3.05, 3.63) is 59.9 Å². The minimum atomic E-state index is -4.39. The van der Waals surface area contributed by atoms with Gasteiger partial charge in [0.1, 0.15) is 12.4 Å². The van der Waals surface area contributed by atoms with Crippen LogP contribution in [-0.4, -0.2) is 11.6 Å². The maximum Gasteiger partial charge on any atom is 0.416 e. The second-order valence-electron chi connectivity index (χ2n) is 4.20. The van der Waals surface area contributed by atoms with Gasteiger partial charge < -0.3 is 10.5 Å². The van der Waals surface area contributed by atoms with E-state index in [1.807, 2.05) is 0 Å². The van der Waals surface area contributed by atoms with Crippen molar-refractivity contribution < 1.29 is 17.9 Å². The van der Waals surface area contributed by atoms with Crippen LogP contribution in [0.2, 0.25) is 0 Å². The highest BCUT2D eigenvalue weighted by Crippen LogP contribution is 2.31. The SMILES string of the molecule is NC(COc1cccc(C(F)(F)F)c1)c1ccccn1. The standard InChI is InChI=1S/C14H13F3N2O/c15-14(16,17)10-4-3-5-11(8-10)20-9-12(18)13-6-1-2-7-19-13/h1-8,12H,9,18H2. The Labute approximate surface area is 114 Å². The first-order chi connectivity index (χ1) is 9.47. The number of pyridine rings is 1. The summed E-state index contributed by atoms with van der Waals surface area (Å²) >= 11 is 0. The molecule has 0 bridgehead atoms. The van der Waals surface area contributed by atoms with E-state index in [9.17, 15) is 13.2 Å². The van der Waals surface area contributed by atoms with Crippen LogP contribution in [0.4, 0.5) is 13.2 Å². The Morgan fingerprint density at radius 1 is 1.15 bits per heavy atom. The van der Waals surface area contributed by atoms with Crippen molar-refractivity contribution >= 4 is 0 Å². The van der Waals surface area contributed by atoms with E-state index < -0.39 is 17.8 Å². The van der Waals surface area contributed by atoms with Gasteiger partial charge in [-0.3, -0.25) is 4.98 Å². The van der Waals surface area contributed by atoms with Crippen LogP contribution in [-0.2, 0) is 6.18 Å². The summed E-state index contributed by atoms with van der Waals surface area (Å²) in [6, 6.07) is 9.48. The molecule has 1 aromatic carbocycles. The Balaban J connectivity index is 2.01. The van der Waals surface area contributed by atoms with Crippen LogP contribution in [0.25, 0.3) is 0 Å². The molecule has 2 rings (SSSR count). The molecular formula is C14H13F3N2O. The van der Waals surface area contributed by atoms with Gasteiger partial charge in [0.15, 0.2) is 0 Å². The van der Waals surface area contributed by atoms with Gasteiger partial charge in [-0.25, -0.2) is 0 Å². The molecular weight excluding hydrogens is 269 g/mol. The number of hydrogen-bond acceptors (Lipinski definition) is 3. The maximum absolute atomic E-state index is 12.5. The summed E-state index contributed by atoms with van der Waals surface area (Å²) in [5.41, 5.74) is 5.73. The average molecular weight is 282 g/mol. The summed E-state index contributed by atoms with van der Waals surface area (Å²) < 4.78 is 42.9. The minimum absolute atomic E-state index is 0.0539. The van der Waals surface area contributed by atoms with Crippen molar-refractivity contribution in [3.8, 4) is 5.75 Å². The molecule has 0 aliphatic heterocycles. The molecule has 1 heterocycles. The number of rotatable bonds is 4. The molecule has 20 heavy (non-hydrogen) atoms. The highest BCUT2D eigenvalue weighted by Gasteiger charge is 2.30. The van der Waals surface area contributed by atoms with Gasteiger partial charge in [-0.05, 0) is 30.3 Å². The van der Waals surface area contributed by atoms with E-state index >= 15 is 0 Å². The van der Waals surface area contributed by atoms with Crippen LogP contribution in [0.5, 0.6) is 5.75 Å². The number of nitrogens with zero attached hydrogens (tertiary/aromatic N) is 1. The maximum atomic E-state index is 12.5. The number of aromatic nitrogens is 1. The average Bonchev–Trinajstić information content (AvgIpc) is 2.45. The molecule has 0 fully saturated rings. The van der Waals surface area contributed by atoms with Crippen LogP contribution in [0.15, 0.2) is 48.7 Å². The lowest BCUT2D eigenvalue weighted by molar-refractivity contribution is -0.137. The lowest BCUT2D eigenvalue weighted by atomic mass is 10.2. The monoisotopic (exact) mass is 282 g/mol. The van der Waals surface area contributed by atoms with E-state index in [0.29, 0.717) is 5.69 Å². The van der Waals surface area contributed by atoms with Gasteiger partial charge in [-0.15, -0.1) is 0 Å². The number of nitrogens with two attached hydrogens (primary N) is 1. The first-order valence-corrected chi connectivity index (χ1v) is 5.93. The third kappa shape index (κ3) is 3.71. The summed E-state index contributed by atoms with van der Waals surface area (Å²) in [4.78, 5) is 4.06. The molecule has 0 aliphatic carbocycles. The predicted molar refractivity (Wildman–Crippen MR) is 68.1 cm³/mol. The fraction of sp³-hybridized carbons (Fsp3) is 0.214. The van der Waals surface area contributed by atoms with Gasteiger partial charge in [0, 0.05) is 6.20 Å². The summed E-state index contributed by atoms with van der Waals surface area (Å²) in [5.74, 6) is 0.131. The fourth-order valence-electron chi connectivity index (χ4n) is 1.63. The zero-order valence-electron chi connectivity index (χ0n) is 10.5. The molecule has 1 unspecified atom stereocenters. The number of alkyl halides is 3. The highest BCUT2D eigenvalue weighted by atomic mass is 19.4. The van der Waals surface area contributed by atoms with Gasteiger partial charge >= 0.3 is 6.18 Å². The molecule has 0 saturated heterocycles. The topological polar surface area (TPSA) is 48.1 Å². The normalized spacial score (nSPS) is 13.0. The Kier molecular flexibility index (Phi) is 4.24. The van der Waals surface area contributed by atoms with E-state index in [4.69, 9.17) is 10.5 Å². The molecule has 0 radical (unpaired) electrons. The van der Waals surface area contributed by atoms with E-state index in [-0.39, 0.29) is 12.4 Å². The van der Waals surface area contributed by atoms with E-state index in [0.717, 1.165) is 12.1 Å². The summed E-state index contributed by atoms with van der Waals surface area (Å²) in [7, 11) is 0. The van der Waals surface area contributed by atoms with Gasteiger partial charge in [0.25, 0.3) is 0 Å². The second kappa shape index (κ2) is 5.92. The zero-order chi connectivity index (χ0) is 14.6. The largest absolute Gasteiger partial charge is 0.492 e. The highest BCUT2D eigenvalue weighted by molar-refractivity contribution is 5.30. The van der Waals surface area contributed by atoms with Crippen molar-refractivity contribution in [1.82, 2.24) is 4.98 Å². The Hall–Kier alpha value is -2.08. The molecule has 0 aliphatic rings. The first-order valence-electron chi connectivity index (χ1n) is 5.93. The van der Waals surface area contributed by atoms with Crippen molar-refractivity contribution in [2.75, 3.05) is 6.61 Å². The smallest absolute Gasteiger partial charge is 0.416 e. The first kappa shape index (κ1) is 14.3. The van der Waals surface area contributed by atoms with Crippen molar-refractivity contribution in [2.45, 2.75) is 12.2 Å². The molecule has 2 aromatic rings. The number of benzene rings is 1. The molecule has 0 amide bonds. The van der Waals surface area contributed by atoms with Crippen molar-refractivity contribution in [2.24, 2.45) is 5.73 Å². The quantitative estimate of drug-likeness (QED) is 0.937. The van der Waals surface area contributed by atoms with Gasteiger partial charge in [0.2, 0.25) is 0 Å². The zero-order valence-corrected chi connectivity index (χ0v) is 10.5. The van der Waals surface area contributed by atoms with Gasteiger partial charge in [-0.1, -0.05) is 12.1 Å². The number of hydrogen-bond donors (Lipinski definition) is 1. The molecule has 3 nitrogen and oxygen atoms in total. The van der Waals surface area contributed by atoms with Gasteiger partial charge in [0.05, 0.1) is 17.3 Å². The molecule has 0 spiro atoms. The number of ether oxygens (including phenoxy) is 1. The molecule has 6 heteroatoms. The predicted octanol–water partition coefficient (Wildman–Crippen LogP) is 3.18. The molecule has 0 saturated carbocycles. The Morgan fingerprint density at radius 2 is 1.95 bits per heavy atom. The van der Waals surface area contributed by atoms with Crippen LogP contribution in [0, 0.1) is 0 Å². The molecule has 1 aromatic heterocycles. The molecule has 2 N–H and O–H groups in total. The summed E-state index contributed by atoms with van der Waals surface area (Å²) in [6.07, 6.45) is -2.79. The Morgan fingerprint density at radius 3 is 2.60 bits per heavy atom. The third-order valence-electron chi connectivity index (χ3n) is 2.66. The fourth-order valence-corrected chi connectivity index (χ4v) is 1.63. The van der Waals surface area contributed by atoms with Crippen LogP contribution in [0.1, 0.15) is 17.3 Å². The Bertz CT molecular complexity index is 558.